The maximum absolute atomic E-state index is 11.2. The van der Waals surface area contributed by atoms with Crippen LogP contribution in [0.15, 0.2) is 17.0 Å². The molecule has 1 aromatic carbocycles. The first-order valence-electron chi connectivity index (χ1n) is 4.07. The number of nitrogens with zero attached hydrogens (tertiary/aromatic N) is 1. The van der Waals surface area contributed by atoms with Gasteiger partial charge in [-0.05, 0) is 6.07 Å². The molecule has 17 heavy (non-hydrogen) atoms. The van der Waals surface area contributed by atoms with Crippen LogP contribution in [0.4, 0.5) is 5.69 Å². The Hall–Kier alpha value is -1.67. The van der Waals surface area contributed by atoms with Crippen LogP contribution in [0.3, 0.4) is 0 Å². The number of halogens is 1. The third-order valence-corrected chi connectivity index (χ3v) is 3.21. The molecule has 0 atom stereocenters. The molecule has 0 aliphatic carbocycles. The molecule has 0 radical (unpaired) electrons. The van der Waals surface area contributed by atoms with E-state index in [2.05, 4.69) is 4.74 Å². The second kappa shape index (κ2) is 4.68. The van der Waals surface area contributed by atoms with Crippen LogP contribution in [0.1, 0.15) is 10.4 Å². The van der Waals surface area contributed by atoms with Crippen molar-refractivity contribution in [2.75, 3.05) is 7.11 Å². The number of nitro groups is 1. The maximum Gasteiger partial charge on any atom is 0.293 e. The van der Waals surface area contributed by atoms with Crippen LogP contribution < -0.4 is 4.74 Å². The van der Waals surface area contributed by atoms with Gasteiger partial charge in [-0.25, -0.2) is 8.42 Å². The SMILES string of the molecule is COc1cc(C=O)cc([N+](=O)[O-])c1S(=O)(=O)Cl. The fourth-order valence-electron chi connectivity index (χ4n) is 1.21. The lowest BCUT2D eigenvalue weighted by Gasteiger charge is -2.06. The van der Waals surface area contributed by atoms with Crippen molar-refractivity contribution in [1.29, 1.82) is 0 Å². The first kappa shape index (κ1) is 13.4. The van der Waals surface area contributed by atoms with E-state index in [1.165, 1.54) is 0 Å². The largest absolute Gasteiger partial charge is 0.495 e. The van der Waals surface area contributed by atoms with Gasteiger partial charge in [0, 0.05) is 22.3 Å². The number of carbonyl (C=O) groups excluding carboxylic acids is 1. The zero-order valence-electron chi connectivity index (χ0n) is 8.41. The molecule has 0 aromatic heterocycles. The average molecular weight is 280 g/mol. The zero-order chi connectivity index (χ0) is 13.2. The van der Waals surface area contributed by atoms with Gasteiger partial charge in [-0.1, -0.05) is 0 Å². The summed E-state index contributed by atoms with van der Waals surface area (Å²) in [5.41, 5.74) is -0.890. The number of methoxy groups -OCH3 is 1. The molecule has 0 aliphatic rings. The second-order valence-corrected chi connectivity index (χ2v) is 5.39. The molecule has 0 amide bonds. The Kier molecular flexibility index (Phi) is 3.69. The smallest absolute Gasteiger partial charge is 0.293 e. The molecule has 92 valence electrons. The highest BCUT2D eigenvalue weighted by molar-refractivity contribution is 8.14. The number of carbonyl (C=O) groups is 1. The van der Waals surface area contributed by atoms with Gasteiger partial charge in [-0.15, -0.1) is 0 Å². The van der Waals surface area contributed by atoms with Crippen LogP contribution in [0.5, 0.6) is 5.75 Å². The van der Waals surface area contributed by atoms with Gasteiger partial charge in [0.1, 0.15) is 12.0 Å². The molecule has 0 spiro atoms. The summed E-state index contributed by atoms with van der Waals surface area (Å²) in [6.07, 6.45) is 0.333. The topological polar surface area (TPSA) is 104 Å². The standard InChI is InChI=1S/C8H6ClNO6S/c1-16-7-3-5(4-11)2-6(10(12)13)8(7)17(9,14)15/h2-4H,1H3. The monoisotopic (exact) mass is 279 g/mol. The molecule has 0 saturated heterocycles. The molecule has 0 bridgehead atoms. The van der Waals surface area contributed by atoms with E-state index in [-0.39, 0.29) is 11.3 Å². The molecule has 0 fully saturated rings. The number of benzene rings is 1. The summed E-state index contributed by atoms with van der Waals surface area (Å²) < 4.78 is 27.1. The van der Waals surface area contributed by atoms with E-state index in [1.807, 2.05) is 0 Å². The van der Waals surface area contributed by atoms with Crippen molar-refractivity contribution in [1.82, 2.24) is 0 Å². The van der Waals surface area contributed by atoms with E-state index in [1.54, 1.807) is 0 Å². The number of hydrogen-bond acceptors (Lipinski definition) is 6. The van der Waals surface area contributed by atoms with Gasteiger partial charge < -0.3 is 4.74 Å². The minimum atomic E-state index is -4.36. The predicted octanol–water partition coefficient (Wildman–Crippen LogP) is 1.34. The third-order valence-electron chi connectivity index (χ3n) is 1.85. The highest BCUT2D eigenvalue weighted by atomic mass is 35.7. The normalized spacial score (nSPS) is 10.9. The maximum atomic E-state index is 11.2. The Labute approximate surface area is 101 Å². The van der Waals surface area contributed by atoms with E-state index in [0.29, 0.717) is 6.29 Å². The van der Waals surface area contributed by atoms with Crippen molar-refractivity contribution in [3.05, 3.63) is 27.8 Å². The van der Waals surface area contributed by atoms with Crippen molar-refractivity contribution in [2.24, 2.45) is 0 Å². The summed E-state index contributed by atoms with van der Waals surface area (Å²) in [6.45, 7) is 0. The molecule has 7 nitrogen and oxygen atoms in total. The quantitative estimate of drug-likeness (QED) is 0.356. The number of rotatable bonds is 4. The zero-order valence-corrected chi connectivity index (χ0v) is 9.99. The minimum absolute atomic E-state index is 0.0855. The van der Waals surface area contributed by atoms with Crippen LogP contribution in [-0.4, -0.2) is 26.7 Å². The van der Waals surface area contributed by atoms with Crippen molar-refractivity contribution < 1.29 is 22.9 Å². The number of nitro benzene ring substituents is 1. The van der Waals surface area contributed by atoms with Crippen molar-refractivity contribution in [2.45, 2.75) is 4.90 Å². The third kappa shape index (κ3) is 2.71. The Morgan fingerprint density at radius 3 is 2.41 bits per heavy atom. The lowest BCUT2D eigenvalue weighted by molar-refractivity contribution is -0.387. The molecular weight excluding hydrogens is 274 g/mol. The van der Waals surface area contributed by atoms with Gasteiger partial charge in [-0.3, -0.25) is 14.9 Å². The number of hydrogen-bond donors (Lipinski definition) is 0. The van der Waals surface area contributed by atoms with Gasteiger partial charge in [0.05, 0.1) is 12.0 Å². The summed E-state index contributed by atoms with van der Waals surface area (Å²) in [6, 6.07) is 1.86. The molecule has 1 rings (SSSR count). The Balaban J connectivity index is 3.77. The summed E-state index contributed by atoms with van der Waals surface area (Å²) in [5.74, 6) is -0.351. The van der Waals surface area contributed by atoms with E-state index in [0.717, 1.165) is 19.2 Å². The lowest BCUT2D eigenvalue weighted by atomic mass is 10.2. The molecule has 0 saturated carbocycles. The summed E-state index contributed by atoms with van der Waals surface area (Å²) >= 11 is 0. The molecule has 9 heteroatoms. The Morgan fingerprint density at radius 2 is 2.06 bits per heavy atom. The fraction of sp³-hybridized carbons (Fsp3) is 0.125. The van der Waals surface area contributed by atoms with Gasteiger partial charge in [-0.2, -0.15) is 0 Å². The van der Waals surface area contributed by atoms with Crippen LogP contribution in [0.2, 0.25) is 0 Å². The van der Waals surface area contributed by atoms with Gasteiger partial charge in [0.15, 0.2) is 0 Å². The second-order valence-electron chi connectivity index (χ2n) is 2.88. The lowest BCUT2D eigenvalue weighted by Crippen LogP contribution is -2.03. The van der Waals surface area contributed by atoms with Gasteiger partial charge >= 0.3 is 0 Å². The number of ether oxygens (including phenoxy) is 1. The highest BCUT2D eigenvalue weighted by Gasteiger charge is 2.29. The summed E-state index contributed by atoms with van der Waals surface area (Å²) in [7, 11) is 1.84. The summed E-state index contributed by atoms with van der Waals surface area (Å²) in [5, 5.41) is 10.7. The predicted molar refractivity (Wildman–Crippen MR) is 58.1 cm³/mol. The van der Waals surface area contributed by atoms with E-state index < -0.39 is 24.6 Å². The number of aldehydes is 1. The van der Waals surface area contributed by atoms with Crippen LogP contribution >= 0.6 is 10.7 Å². The van der Waals surface area contributed by atoms with Gasteiger partial charge in [0.25, 0.3) is 14.7 Å². The molecule has 0 unspecified atom stereocenters. The van der Waals surface area contributed by atoms with E-state index in [9.17, 15) is 23.3 Å². The first-order valence-corrected chi connectivity index (χ1v) is 6.38. The molecular formula is C8H6ClNO6S. The van der Waals surface area contributed by atoms with Crippen LogP contribution in [0.25, 0.3) is 0 Å². The summed E-state index contributed by atoms with van der Waals surface area (Å²) in [4.78, 5) is 19.5. The van der Waals surface area contributed by atoms with Crippen LogP contribution in [0, 0.1) is 10.1 Å². The molecule has 1 aromatic rings. The van der Waals surface area contributed by atoms with E-state index >= 15 is 0 Å². The molecule has 0 N–H and O–H groups in total. The Bertz CT molecular complexity index is 582. The van der Waals surface area contributed by atoms with Crippen LogP contribution in [-0.2, 0) is 9.05 Å². The average Bonchev–Trinajstić information content (AvgIpc) is 2.25. The molecule has 0 heterocycles. The minimum Gasteiger partial charge on any atom is -0.495 e. The fourth-order valence-corrected chi connectivity index (χ4v) is 2.44. The van der Waals surface area contributed by atoms with Gasteiger partial charge in [0.2, 0.25) is 4.90 Å². The van der Waals surface area contributed by atoms with Crippen molar-refractivity contribution in [3.63, 3.8) is 0 Å². The van der Waals surface area contributed by atoms with Crippen molar-refractivity contribution >= 4 is 31.7 Å². The highest BCUT2D eigenvalue weighted by Crippen LogP contribution is 2.36. The van der Waals surface area contributed by atoms with Crippen molar-refractivity contribution in [3.8, 4) is 5.75 Å². The molecule has 0 aliphatic heterocycles. The Morgan fingerprint density at radius 1 is 1.47 bits per heavy atom. The first-order chi connectivity index (χ1) is 7.81. The van der Waals surface area contributed by atoms with E-state index in [4.69, 9.17) is 10.7 Å².